The molecule has 1 spiro atoms. The first-order valence-electron chi connectivity index (χ1n) is 10.3. The number of aryl methyl sites for hydroxylation is 2. The summed E-state index contributed by atoms with van der Waals surface area (Å²) in [7, 11) is 0. The highest BCUT2D eigenvalue weighted by Gasteiger charge is 2.48. The molecule has 7 nitrogen and oxygen atoms in total. The molecule has 7 heteroatoms. The number of amides is 2. The first-order chi connectivity index (χ1) is 13.0. The summed E-state index contributed by atoms with van der Waals surface area (Å²) in [5.41, 5.74) is -0.407. The summed E-state index contributed by atoms with van der Waals surface area (Å²) in [4.78, 5) is 33.0. The molecule has 1 aromatic rings. The Kier molecular flexibility index (Phi) is 6.07. The van der Waals surface area contributed by atoms with Gasteiger partial charge in [-0.3, -0.25) is 4.79 Å². The number of carbonyl (C=O) groups excluding carboxylic acids is 2. The normalized spacial score (nSPS) is 20.2. The molecule has 2 aliphatic rings. The molecule has 0 aliphatic carbocycles. The van der Waals surface area contributed by atoms with Crippen molar-refractivity contribution in [2.75, 3.05) is 19.6 Å². The summed E-state index contributed by atoms with van der Waals surface area (Å²) >= 11 is 0. The van der Waals surface area contributed by atoms with E-state index in [4.69, 9.17) is 4.74 Å². The topological polar surface area (TPSA) is 67.7 Å². The number of hydrogen-bond acceptors (Lipinski definition) is 4. The number of carbonyl (C=O) groups is 2. The Morgan fingerprint density at radius 1 is 1.33 bits per heavy atom. The number of piperidine rings is 1. The summed E-state index contributed by atoms with van der Waals surface area (Å²) in [6.45, 7) is 8.93. The fourth-order valence-electron chi connectivity index (χ4n) is 4.22. The van der Waals surface area contributed by atoms with Gasteiger partial charge in [-0.2, -0.15) is 0 Å². The quantitative estimate of drug-likeness (QED) is 0.734. The number of hydrogen-bond donors (Lipinski definition) is 0. The van der Waals surface area contributed by atoms with Gasteiger partial charge in [-0.15, -0.1) is 0 Å². The molecule has 27 heavy (non-hydrogen) atoms. The smallest absolute Gasteiger partial charge is 0.410 e. The van der Waals surface area contributed by atoms with Gasteiger partial charge in [-0.05, 0) is 13.3 Å². The molecule has 3 rings (SSSR count). The first-order valence-corrected chi connectivity index (χ1v) is 10.3. The lowest BCUT2D eigenvalue weighted by Gasteiger charge is -2.37. The molecule has 1 atom stereocenters. The second kappa shape index (κ2) is 8.31. The van der Waals surface area contributed by atoms with Crippen LogP contribution in [-0.2, 0) is 22.5 Å². The molecule has 2 saturated heterocycles. The summed E-state index contributed by atoms with van der Waals surface area (Å²) < 4.78 is 7.83. The van der Waals surface area contributed by atoms with Gasteiger partial charge < -0.3 is 19.1 Å². The van der Waals surface area contributed by atoms with Gasteiger partial charge in [0.2, 0.25) is 5.91 Å². The third-order valence-corrected chi connectivity index (χ3v) is 5.95. The molecule has 0 aromatic carbocycles. The Morgan fingerprint density at radius 3 is 2.74 bits per heavy atom. The van der Waals surface area contributed by atoms with Crippen molar-refractivity contribution in [2.24, 2.45) is 0 Å². The Morgan fingerprint density at radius 2 is 2.07 bits per heavy atom. The predicted molar refractivity (Wildman–Crippen MR) is 102 cm³/mol. The number of imidazole rings is 1. The van der Waals surface area contributed by atoms with Gasteiger partial charge in [0, 0.05) is 63.8 Å². The minimum Gasteiger partial charge on any atom is -0.441 e. The van der Waals surface area contributed by atoms with Crippen molar-refractivity contribution in [2.45, 2.75) is 77.5 Å². The molecule has 0 N–H and O–H groups in total. The average molecular weight is 377 g/mol. The molecule has 1 unspecified atom stereocenters. The molecular weight excluding hydrogens is 344 g/mol. The van der Waals surface area contributed by atoms with Gasteiger partial charge in [0.05, 0.1) is 6.54 Å². The molecule has 0 bridgehead atoms. The van der Waals surface area contributed by atoms with E-state index in [0.29, 0.717) is 32.6 Å². The summed E-state index contributed by atoms with van der Waals surface area (Å²) in [5.74, 6) is 1.18. The minimum absolute atomic E-state index is 0.168. The largest absolute Gasteiger partial charge is 0.441 e. The number of likely N-dealkylation sites (tertiary alicyclic amines) is 1. The standard InChI is InChI=1S/C20H32N4O3/c1-4-6-16(3)24-15-20(27-19(24)26)8-12-23(13-9-20)18(25)7-11-22-14-10-21-17(22)5-2/h10,14,16H,4-9,11-13,15H2,1-3H3. The Balaban J connectivity index is 1.50. The summed E-state index contributed by atoms with van der Waals surface area (Å²) in [6.07, 6.45) is 8.37. The van der Waals surface area contributed by atoms with Crippen molar-refractivity contribution in [3.8, 4) is 0 Å². The van der Waals surface area contributed by atoms with Crippen molar-refractivity contribution in [1.29, 1.82) is 0 Å². The van der Waals surface area contributed by atoms with Crippen LogP contribution in [-0.4, -0.2) is 62.6 Å². The van der Waals surface area contributed by atoms with E-state index in [1.165, 1.54) is 0 Å². The van der Waals surface area contributed by atoms with Crippen molar-refractivity contribution < 1.29 is 14.3 Å². The van der Waals surface area contributed by atoms with E-state index in [0.717, 1.165) is 37.9 Å². The predicted octanol–water partition coefficient (Wildman–Crippen LogP) is 2.84. The Bertz CT molecular complexity index is 664. The highest BCUT2D eigenvalue weighted by molar-refractivity contribution is 5.76. The SMILES string of the molecule is CCCC(C)N1CC2(CCN(C(=O)CCn3ccnc3CC)CC2)OC1=O. The molecule has 1 aromatic heterocycles. The van der Waals surface area contributed by atoms with Crippen LogP contribution in [0.25, 0.3) is 0 Å². The zero-order chi connectivity index (χ0) is 19.4. The van der Waals surface area contributed by atoms with Crippen molar-refractivity contribution in [1.82, 2.24) is 19.4 Å². The maximum atomic E-state index is 12.6. The third-order valence-electron chi connectivity index (χ3n) is 5.95. The number of nitrogens with zero attached hydrogens (tertiary/aromatic N) is 4. The van der Waals surface area contributed by atoms with Crippen LogP contribution in [0.3, 0.4) is 0 Å². The Labute approximate surface area is 161 Å². The van der Waals surface area contributed by atoms with E-state index in [-0.39, 0.29) is 18.0 Å². The second-order valence-electron chi connectivity index (χ2n) is 7.84. The van der Waals surface area contributed by atoms with E-state index < -0.39 is 5.60 Å². The average Bonchev–Trinajstić information content (AvgIpc) is 3.24. The summed E-state index contributed by atoms with van der Waals surface area (Å²) in [5, 5.41) is 0. The maximum Gasteiger partial charge on any atom is 0.410 e. The first kappa shape index (κ1) is 19.7. The zero-order valence-corrected chi connectivity index (χ0v) is 16.8. The monoisotopic (exact) mass is 376 g/mol. The van der Waals surface area contributed by atoms with E-state index in [9.17, 15) is 9.59 Å². The minimum atomic E-state index is -0.407. The van der Waals surface area contributed by atoms with Gasteiger partial charge in [0.15, 0.2) is 0 Å². The van der Waals surface area contributed by atoms with Gasteiger partial charge in [-0.25, -0.2) is 9.78 Å². The van der Waals surface area contributed by atoms with Crippen LogP contribution in [0.4, 0.5) is 4.79 Å². The third kappa shape index (κ3) is 4.28. The van der Waals surface area contributed by atoms with Crippen LogP contribution in [0.15, 0.2) is 12.4 Å². The van der Waals surface area contributed by atoms with Crippen LogP contribution in [0.1, 0.15) is 58.7 Å². The van der Waals surface area contributed by atoms with Crippen molar-refractivity contribution >= 4 is 12.0 Å². The molecule has 2 amide bonds. The molecule has 0 radical (unpaired) electrons. The maximum absolute atomic E-state index is 12.6. The van der Waals surface area contributed by atoms with Crippen LogP contribution < -0.4 is 0 Å². The second-order valence-corrected chi connectivity index (χ2v) is 7.84. The lowest BCUT2D eigenvalue weighted by molar-refractivity contribution is -0.134. The van der Waals surface area contributed by atoms with Gasteiger partial charge >= 0.3 is 6.09 Å². The van der Waals surface area contributed by atoms with E-state index in [1.807, 2.05) is 16.0 Å². The lowest BCUT2D eigenvalue weighted by atomic mass is 9.90. The van der Waals surface area contributed by atoms with Gasteiger partial charge in [0.1, 0.15) is 11.4 Å². The molecule has 150 valence electrons. The highest BCUT2D eigenvalue weighted by Crippen LogP contribution is 2.34. The van der Waals surface area contributed by atoms with Crippen molar-refractivity contribution in [3.05, 3.63) is 18.2 Å². The lowest BCUT2D eigenvalue weighted by Crippen LogP contribution is -2.49. The van der Waals surface area contributed by atoms with Crippen LogP contribution in [0.2, 0.25) is 0 Å². The fourth-order valence-corrected chi connectivity index (χ4v) is 4.22. The fraction of sp³-hybridized carbons (Fsp3) is 0.750. The number of rotatable bonds is 7. The number of aromatic nitrogens is 2. The number of ether oxygens (including phenoxy) is 1. The molecule has 0 saturated carbocycles. The van der Waals surface area contributed by atoms with Crippen LogP contribution in [0.5, 0.6) is 0 Å². The van der Waals surface area contributed by atoms with Crippen molar-refractivity contribution in [3.63, 3.8) is 0 Å². The molecule has 2 fully saturated rings. The van der Waals surface area contributed by atoms with Crippen LogP contribution in [0, 0.1) is 0 Å². The summed E-state index contributed by atoms with van der Waals surface area (Å²) in [6, 6.07) is 0.212. The Hall–Kier alpha value is -2.05. The molecular formula is C20H32N4O3. The molecule has 2 aliphatic heterocycles. The zero-order valence-electron chi connectivity index (χ0n) is 16.8. The van der Waals surface area contributed by atoms with Crippen LogP contribution >= 0.6 is 0 Å². The van der Waals surface area contributed by atoms with Gasteiger partial charge in [0.25, 0.3) is 0 Å². The van der Waals surface area contributed by atoms with E-state index in [1.54, 1.807) is 6.20 Å². The highest BCUT2D eigenvalue weighted by atomic mass is 16.6. The van der Waals surface area contributed by atoms with E-state index >= 15 is 0 Å². The van der Waals surface area contributed by atoms with Gasteiger partial charge in [-0.1, -0.05) is 20.3 Å². The molecule has 3 heterocycles. The van der Waals surface area contributed by atoms with E-state index in [2.05, 4.69) is 30.3 Å².